The molecule has 3 fully saturated rings. The van der Waals surface area contributed by atoms with Gasteiger partial charge in [-0.3, -0.25) is 9.59 Å². The molecule has 5 heterocycles. The fraction of sp³-hybridized carbons (Fsp3) is 0.586. The van der Waals surface area contributed by atoms with Gasteiger partial charge in [-0.15, -0.1) is 10.2 Å². The van der Waals surface area contributed by atoms with Crippen molar-refractivity contribution in [1.29, 1.82) is 0 Å². The molecule has 2 saturated carbocycles. The van der Waals surface area contributed by atoms with Gasteiger partial charge in [0.15, 0.2) is 17.0 Å². The lowest BCUT2D eigenvalue weighted by Crippen LogP contribution is -2.39. The molecule has 7 rings (SSSR count). The van der Waals surface area contributed by atoms with Crippen molar-refractivity contribution in [2.75, 3.05) is 0 Å². The first-order valence-corrected chi connectivity index (χ1v) is 15.3. The number of halogens is 6. The van der Waals surface area contributed by atoms with Crippen molar-refractivity contribution >= 4 is 17.5 Å². The van der Waals surface area contributed by atoms with E-state index in [-0.39, 0.29) is 80.2 Å². The zero-order valence-electron chi connectivity index (χ0n) is 25.4. The number of nitrogens with one attached hydrogen (secondary N) is 2. The average Bonchev–Trinajstić information content (AvgIpc) is 3.46. The minimum Gasteiger partial charge on any atom is -0.422 e. The Labute approximate surface area is 267 Å². The Hall–Kier alpha value is -4.58. The van der Waals surface area contributed by atoms with E-state index in [0.29, 0.717) is 11.3 Å². The Bertz CT molecular complexity index is 1860. The van der Waals surface area contributed by atoms with Gasteiger partial charge < -0.3 is 15.1 Å². The number of hydrogen-bond acceptors (Lipinski definition) is 10. The van der Waals surface area contributed by atoms with E-state index in [1.165, 1.54) is 29.9 Å². The second-order valence-corrected chi connectivity index (χ2v) is 13.0. The summed E-state index contributed by atoms with van der Waals surface area (Å²) in [6.07, 6.45) is -3.27. The van der Waals surface area contributed by atoms with Crippen LogP contribution in [0.4, 0.5) is 26.3 Å². The molecule has 4 aromatic rings. The van der Waals surface area contributed by atoms with E-state index in [1.807, 2.05) is 5.32 Å². The average molecular weight is 682 g/mol. The second kappa shape index (κ2) is 11.3. The van der Waals surface area contributed by atoms with Crippen LogP contribution < -0.4 is 10.6 Å². The highest BCUT2D eigenvalue weighted by molar-refractivity contribution is 5.93. The molecule has 2 amide bonds. The second-order valence-electron chi connectivity index (χ2n) is 13.0. The van der Waals surface area contributed by atoms with Crippen molar-refractivity contribution in [3.8, 4) is 0 Å². The highest BCUT2D eigenvalue weighted by atomic mass is 19.4. The van der Waals surface area contributed by atoms with Gasteiger partial charge in [0.1, 0.15) is 11.7 Å². The van der Waals surface area contributed by atoms with Crippen LogP contribution in [0, 0.1) is 18.3 Å². The van der Waals surface area contributed by atoms with Crippen molar-refractivity contribution in [1.82, 2.24) is 45.7 Å². The van der Waals surface area contributed by atoms with Crippen molar-refractivity contribution in [2.45, 2.75) is 94.6 Å². The van der Waals surface area contributed by atoms with Gasteiger partial charge >= 0.3 is 6.18 Å². The molecule has 0 aromatic carbocycles. The molecule has 0 unspecified atom stereocenters. The number of carbonyl (C=O) groups is 2. The van der Waals surface area contributed by atoms with E-state index in [2.05, 4.69) is 40.5 Å². The standard InChI is InChI=1S/C29H29F6N9O4/c1-14-21(43-48-42-14)23(45)39-22(16-2-4-28(31,32)5-3-16)17-13-44-19(37-17)8-15(12-36-44)9-26(10-18(29(33,34)35)38-24(26)46)11-20-40-41-25(47-20)27(30)6-7-27/h8,12-13,16,18,22H,2-7,9-11H2,1H3,(H,38,46)(H,39,45)/t18-,22-,26-/m0/s1. The van der Waals surface area contributed by atoms with Crippen LogP contribution in [0.25, 0.3) is 5.65 Å². The van der Waals surface area contributed by atoms with Gasteiger partial charge in [-0.1, -0.05) is 5.16 Å². The molecule has 0 bridgehead atoms. The first-order valence-electron chi connectivity index (χ1n) is 15.3. The SMILES string of the molecule is Cc1nonc1C(=O)N[C@H](c1cn2ncc(C[C@@]3(Cc4nnc(C5(F)CC5)o4)C[C@@H](C(F)(F)F)NC3=O)cc2n1)C1CCC(F)(F)CC1. The van der Waals surface area contributed by atoms with Gasteiger partial charge in [0, 0.05) is 19.3 Å². The number of hydrogen-bond donors (Lipinski definition) is 2. The third kappa shape index (κ3) is 6.09. The number of alkyl halides is 6. The Morgan fingerprint density at radius 3 is 2.52 bits per heavy atom. The van der Waals surface area contributed by atoms with E-state index in [0.717, 1.165) is 0 Å². The van der Waals surface area contributed by atoms with E-state index in [9.17, 15) is 35.9 Å². The summed E-state index contributed by atoms with van der Waals surface area (Å²) in [4.78, 5) is 31.0. The smallest absolute Gasteiger partial charge is 0.408 e. The zero-order chi connectivity index (χ0) is 34.1. The van der Waals surface area contributed by atoms with Crippen LogP contribution in [0.15, 0.2) is 27.5 Å². The molecule has 48 heavy (non-hydrogen) atoms. The number of imidazole rings is 1. The van der Waals surface area contributed by atoms with E-state index >= 15 is 0 Å². The maximum absolute atomic E-state index is 14.5. The van der Waals surface area contributed by atoms with E-state index in [4.69, 9.17) is 4.42 Å². The number of fused-ring (bicyclic) bond motifs is 1. The molecule has 2 aliphatic carbocycles. The molecule has 0 radical (unpaired) electrons. The lowest BCUT2D eigenvalue weighted by molar-refractivity contribution is -0.155. The van der Waals surface area contributed by atoms with Gasteiger partial charge in [0.25, 0.3) is 11.8 Å². The molecule has 19 heteroatoms. The quantitative estimate of drug-likeness (QED) is 0.244. The number of aryl methyl sites for hydroxylation is 1. The summed E-state index contributed by atoms with van der Waals surface area (Å²) in [5, 5.41) is 24.0. The molecule has 1 saturated heterocycles. The molecule has 2 N–H and O–H groups in total. The predicted molar refractivity (Wildman–Crippen MR) is 148 cm³/mol. The van der Waals surface area contributed by atoms with Crippen molar-refractivity contribution in [3.63, 3.8) is 0 Å². The number of aromatic nitrogens is 7. The van der Waals surface area contributed by atoms with Crippen LogP contribution in [0.3, 0.4) is 0 Å². The lowest BCUT2D eigenvalue weighted by Gasteiger charge is -2.33. The summed E-state index contributed by atoms with van der Waals surface area (Å²) in [5.74, 6) is -5.21. The van der Waals surface area contributed by atoms with Crippen molar-refractivity contribution < 1.29 is 45.0 Å². The zero-order valence-corrected chi connectivity index (χ0v) is 25.4. The number of rotatable bonds is 9. The topological polar surface area (TPSA) is 166 Å². The van der Waals surface area contributed by atoms with Gasteiger partial charge in [-0.25, -0.2) is 27.3 Å². The van der Waals surface area contributed by atoms with Crippen molar-refractivity contribution in [3.05, 3.63) is 52.9 Å². The van der Waals surface area contributed by atoms with Gasteiger partial charge in [-0.2, -0.15) is 18.3 Å². The van der Waals surface area contributed by atoms with Gasteiger partial charge in [-0.05, 0) is 68.2 Å². The monoisotopic (exact) mass is 681 g/mol. The Kier molecular flexibility index (Phi) is 7.50. The van der Waals surface area contributed by atoms with Crippen LogP contribution in [0.2, 0.25) is 0 Å². The molecule has 3 aliphatic rings. The fourth-order valence-electron chi connectivity index (χ4n) is 6.58. The lowest BCUT2D eigenvalue weighted by atomic mass is 9.76. The highest BCUT2D eigenvalue weighted by Gasteiger charge is 2.57. The molecular formula is C29H29F6N9O4. The summed E-state index contributed by atoms with van der Waals surface area (Å²) in [6, 6.07) is -1.42. The summed E-state index contributed by atoms with van der Waals surface area (Å²) >= 11 is 0. The Balaban J connectivity index is 1.18. The maximum Gasteiger partial charge on any atom is 0.408 e. The first kappa shape index (κ1) is 32.0. The minimum absolute atomic E-state index is 0.0743. The van der Waals surface area contributed by atoms with Gasteiger partial charge in [0.2, 0.25) is 17.7 Å². The minimum atomic E-state index is -4.72. The normalized spacial score (nSPS) is 24.5. The van der Waals surface area contributed by atoms with Crippen LogP contribution in [-0.2, 0) is 23.3 Å². The predicted octanol–water partition coefficient (Wildman–Crippen LogP) is 4.28. The maximum atomic E-state index is 14.5. The number of amides is 2. The molecule has 13 nitrogen and oxygen atoms in total. The first-order chi connectivity index (χ1) is 22.6. The molecule has 256 valence electrons. The fourth-order valence-corrected chi connectivity index (χ4v) is 6.58. The van der Waals surface area contributed by atoms with Crippen LogP contribution in [0.1, 0.15) is 90.2 Å². The van der Waals surface area contributed by atoms with E-state index < -0.39 is 59.4 Å². The summed E-state index contributed by atoms with van der Waals surface area (Å²) in [5.41, 5.74) is -2.41. The largest absolute Gasteiger partial charge is 0.422 e. The molecule has 0 spiro atoms. The Morgan fingerprint density at radius 1 is 1.12 bits per heavy atom. The van der Waals surface area contributed by atoms with Crippen LogP contribution in [-0.4, -0.2) is 65.1 Å². The highest BCUT2D eigenvalue weighted by Crippen LogP contribution is 2.49. The molecule has 4 aromatic heterocycles. The van der Waals surface area contributed by atoms with Crippen LogP contribution >= 0.6 is 0 Å². The van der Waals surface area contributed by atoms with Crippen LogP contribution in [0.5, 0.6) is 0 Å². The molecule has 3 atom stereocenters. The Morgan fingerprint density at radius 2 is 1.88 bits per heavy atom. The summed E-state index contributed by atoms with van der Waals surface area (Å²) in [6.45, 7) is 1.52. The number of nitrogens with zero attached hydrogens (tertiary/aromatic N) is 7. The summed E-state index contributed by atoms with van der Waals surface area (Å²) < 4.78 is 95.4. The van der Waals surface area contributed by atoms with Gasteiger partial charge in [0.05, 0.1) is 29.5 Å². The summed E-state index contributed by atoms with van der Waals surface area (Å²) in [7, 11) is 0. The number of carbonyl (C=O) groups excluding carboxylic acids is 2. The van der Waals surface area contributed by atoms with E-state index in [1.54, 1.807) is 0 Å². The molecule has 1 aliphatic heterocycles. The third-order valence-electron chi connectivity index (χ3n) is 9.45. The molecular weight excluding hydrogens is 652 g/mol. The van der Waals surface area contributed by atoms with Crippen molar-refractivity contribution in [2.24, 2.45) is 11.3 Å². The third-order valence-corrected chi connectivity index (χ3v) is 9.45.